The van der Waals surface area contributed by atoms with Crippen molar-refractivity contribution in [3.05, 3.63) is 54.2 Å². The number of hydrogen-bond donors (Lipinski definition) is 2. The number of amides is 1. The molecule has 23 heavy (non-hydrogen) atoms. The first-order valence-electron chi connectivity index (χ1n) is 7.61. The van der Waals surface area contributed by atoms with Crippen LogP contribution in [0.3, 0.4) is 0 Å². The highest BCUT2D eigenvalue weighted by Gasteiger charge is 2.16. The van der Waals surface area contributed by atoms with Crippen LogP contribution in [0.15, 0.2) is 48.7 Å². The minimum absolute atomic E-state index is 0.147. The largest absolute Gasteiger partial charge is 0.444 e. The van der Waals surface area contributed by atoms with E-state index in [9.17, 15) is 4.79 Å². The van der Waals surface area contributed by atoms with Gasteiger partial charge in [-0.1, -0.05) is 30.3 Å². The van der Waals surface area contributed by atoms with E-state index >= 15 is 0 Å². The monoisotopic (exact) mass is 313 g/mol. The maximum Gasteiger partial charge on any atom is 0.412 e. The molecule has 0 saturated heterocycles. The Labute approximate surface area is 137 Å². The molecule has 2 aromatic rings. The van der Waals surface area contributed by atoms with Crippen molar-refractivity contribution in [2.75, 3.05) is 10.6 Å². The fraction of sp³-hybridized carbons (Fsp3) is 0.333. The lowest BCUT2D eigenvalue weighted by molar-refractivity contribution is 0.0636. The molecule has 0 fully saturated rings. The van der Waals surface area contributed by atoms with Crippen molar-refractivity contribution in [2.45, 2.75) is 39.3 Å². The van der Waals surface area contributed by atoms with Gasteiger partial charge in [0.1, 0.15) is 11.4 Å². The van der Waals surface area contributed by atoms with E-state index < -0.39 is 11.7 Å². The van der Waals surface area contributed by atoms with Crippen LogP contribution in [0.25, 0.3) is 0 Å². The Hall–Kier alpha value is -2.56. The van der Waals surface area contributed by atoms with E-state index in [4.69, 9.17) is 4.74 Å². The van der Waals surface area contributed by atoms with E-state index in [0.717, 1.165) is 5.82 Å². The first-order chi connectivity index (χ1) is 10.8. The third kappa shape index (κ3) is 5.62. The molecule has 1 atom stereocenters. The lowest BCUT2D eigenvalue weighted by atomic mass is 10.1. The van der Waals surface area contributed by atoms with Crippen LogP contribution in [0, 0.1) is 0 Å². The van der Waals surface area contributed by atoms with Crippen LogP contribution in [-0.2, 0) is 4.74 Å². The SMILES string of the molecule is CC(Nc1ccc(NC(=O)OC(C)(C)C)cn1)c1ccccc1. The van der Waals surface area contributed by atoms with Crippen LogP contribution in [0.2, 0.25) is 0 Å². The van der Waals surface area contributed by atoms with Gasteiger partial charge >= 0.3 is 6.09 Å². The quantitative estimate of drug-likeness (QED) is 0.865. The molecule has 5 nitrogen and oxygen atoms in total. The average Bonchev–Trinajstić information content (AvgIpc) is 2.48. The first-order valence-corrected chi connectivity index (χ1v) is 7.61. The number of hydrogen-bond acceptors (Lipinski definition) is 4. The Morgan fingerprint density at radius 2 is 1.83 bits per heavy atom. The van der Waals surface area contributed by atoms with E-state index in [2.05, 4.69) is 34.7 Å². The summed E-state index contributed by atoms with van der Waals surface area (Å²) in [5.41, 5.74) is 1.26. The van der Waals surface area contributed by atoms with Crippen molar-refractivity contribution >= 4 is 17.6 Å². The van der Waals surface area contributed by atoms with Gasteiger partial charge in [0.2, 0.25) is 0 Å². The minimum atomic E-state index is -0.524. The molecule has 0 radical (unpaired) electrons. The summed E-state index contributed by atoms with van der Waals surface area (Å²) in [5, 5.41) is 5.98. The fourth-order valence-corrected chi connectivity index (χ4v) is 2.02. The summed E-state index contributed by atoms with van der Waals surface area (Å²) >= 11 is 0. The van der Waals surface area contributed by atoms with Gasteiger partial charge in [0.25, 0.3) is 0 Å². The van der Waals surface area contributed by atoms with E-state index in [1.165, 1.54) is 5.56 Å². The van der Waals surface area contributed by atoms with Crippen molar-refractivity contribution < 1.29 is 9.53 Å². The highest BCUT2D eigenvalue weighted by Crippen LogP contribution is 2.19. The summed E-state index contributed by atoms with van der Waals surface area (Å²) in [5.74, 6) is 0.746. The summed E-state index contributed by atoms with van der Waals surface area (Å²) in [6, 6.07) is 13.9. The van der Waals surface area contributed by atoms with Crippen molar-refractivity contribution in [3.63, 3.8) is 0 Å². The highest BCUT2D eigenvalue weighted by atomic mass is 16.6. The zero-order chi connectivity index (χ0) is 16.9. The summed E-state index contributed by atoms with van der Waals surface area (Å²) in [6.07, 6.45) is 1.11. The Morgan fingerprint density at radius 3 is 2.39 bits per heavy atom. The molecule has 1 aromatic carbocycles. The number of benzene rings is 1. The summed E-state index contributed by atoms with van der Waals surface area (Å²) < 4.78 is 5.20. The van der Waals surface area contributed by atoms with Crippen LogP contribution in [0.5, 0.6) is 0 Å². The second kappa shape index (κ2) is 7.13. The highest BCUT2D eigenvalue weighted by molar-refractivity contribution is 5.84. The van der Waals surface area contributed by atoms with Gasteiger partial charge in [-0.05, 0) is 45.4 Å². The maximum atomic E-state index is 11.7. The Bertz CT molecular complexity index is 634. The minimum Gasteiger partial charge on any atom is -0.444 e. The van der Waals surface area contributed by atoms with Gasteiger partial charge in [0.05, 0.1) is 11.9 Å². The van der Waals surface area contributed by atoms with E-state index in [0.29, 0.717) is 5.69 Å². The lowest BCUT2D eigenvalue weighted by Crippen LogP contribution is -2.27. The number of carbonyl (C=O) groups excluding carboxylic acids is 1. The molecule has 0 bridgehead atoms. The van der Waals surface area contributed by atoms with Crippen molar-refractivity contribution in [1.82, 2.24) is 4.98 Å². The number of anilines is 2. The van der Waals surface area contributed by atoms with Gasteiger partial charge in [0, 0.05) is 6.04 Å². The molecule has 122 valence electrons. The predicted molar refractivity (Wildman–Crippen MR) is 92.6 cm³/mol. The van der Waals surface area contributed by atoms with Crippen LogP contribution in [-0.4, -0.2) is 16.7 Å². The molecule has 1 unspecified atom stereocenters. The Balaban J connectivity index is 1.93. The summed E-state index contributed by atoms with van der Waals surface area (Å²) in [4.78, 5) is 16.0. The molecule has 0 aliphatic heterocycles. The lowest BCUT2D eigenvalue weighted by Gasteiger charge is -2.19. The standard InChI is InChI=1S/C18H23N3O2/c1-13(14-8-6-5-7-9-14)20-16-11-10-15(12-19-16)21-17(22)23-18(2,3)4/h5-13H,1-4H3,(H,19,20)(H,21,22). The van der Waals surface area contributed by atoms with Gasteiger partial charge < -0.3 is 10.1 Å². The molecule has 0 aliphatic carbocycles. The number of nitrogens with one attached hydrogen (secondary N) is 2. The van der Waals surface area contributed by atoms with E-state index in [1.807, 2.05) is 45.0 Å². The second-order valence-corrected chi connectivity index (χ2v) is 6.34. The third-order valence-electron chi connectivity index (χ3n) is 3.07. The normalized spacial score (nSPS) is 12.3. The third-order valence-corrected chi connectivity index (χ3v) is 3.07. The molecular formula is C18H23N3O2. The van der Waals surface area contributed by atoms with Gasteiger partial charge in [-0.25, -0.2) is 9.78 Å². The second-order valence-electron chi connectivity index (χ2n) is 6.34. The van der Waals surface area contributed by atoms with Crippen LogP contribution in [0.1, 0.15) is 39.3 Å². The molecule has 5 heteroatoms. The van der Waals surface area contributed by atoms with Crippen molar-refractivity contribution in [2.24, 2.45) is 0 Å². The smallest absolute Gasteiger partial charge is 0.412 e. The molecule has 1 aromatic heterocycles. The summed E-state index contributed by atoms with van der Waals surface area (Å²) in [6.45, 7) is 7.54. The summed E-state index contributed by atoms with van der Waals surface area (Å²) in [7, 11) is 0. The maximum absolute atomic E-state index is 11.7. The van der Waals surface area contributed by atoms with E-state index in [-0.39, 0.29) is 6.04 Å². The topological polar surface area (TPSA) is 63.2 Å². The molecule has 0 spiro atoms. The number of aromatic nitrogens is 1. The van der Waals surface area contributed by atoms with Crippen molar-refractivity contribution in [3.8, 4) is 0 Å². The Kier molecular flexibility index (Phi) is 5.21. The molecular weight excluding hydrogens is 290 g/mol. The predicted octanol–water partition coefficient (Wildman–Crippen LogP) is 4.60. The first kappa shape index (κ1) is 16.8. The van der Waals surface area contributed by atoms with E-state index in [1.54, 1.807) is 12.3 Å². The number of carbonyl (C=O) groups is 1. The zero-order valence-electron chi connectivity index (χ0n) is 14.0. The number of pyridine rings is 1. The molecule has 1 heterocycles. The molecule has 0 aliphatic rings. The van der Waals surface area contributed by atoms with Gasteiger partial charge in [-0.2, -0.15) is 0 Å². The Morgan fingerprint density at radius 1 is 1.13 bits per heavy atom. The average molecular weight is 313 g/mol. The number of rotatable bonds is 4. The fourth-order valence-electron chi connectivity index (χ4n) is 2.02. The zero-order valence-corrected chi connectivity index (χ0v) is 14.0. The van der Waals surface area contributed by atoms with Crippen LogP contribution < -0.4 is 10.6 Å². The number of ether oxygens (including phenoxy) is 1. The molecule has 2 rings (SSSR count). The van der Waals surface area contributed by atoms with Crippen molar-refractivity contribution in [1.29, 1.82) is 0 Å². The molecule has 2 N–H and O–H groups in total. The number of nitrogens with zero attached hydrogens (tertiary/aromatic N) is 1. The van der Waals surface area contributed by atoms with Gasteiger partial charge in [-0.3, -0.25) is 5.32 Å². The van der Waals surface area contributed by atoms with Crippen LogP contribution >= 0.6 is 0 Å². The molecule has 0 saturated carbocycles. The van der Waals surface area contributed by atoms with Gasteiger partial charge in [0.15, 0.2) is 0 Å². The molecule has 1 amide bonds. The van der Waals surface area contributed by atoms with Crippen LogP contribution in [0.4, 0.5) is 16.3 Å². The van der Waals surface area contributed by atoms with Gasteiger partial charge in [-0.15, -0.1) is 0 Å².